The van der Waals surface area contributed by atoms with Crippen LogP contribution in [0.4, 0.5) is 0 Å². The lowest BCUT2D eigenvalue weighted by atomic mass is 10.1. The minimum atomic E-state index is -0.899. The van der Waals surface area contributed by atoms with Crippen LogP contribution in [-0.4, -0.2) is 36.2 Å². The van der Waals surface area contributed by atoms with E-state index in [9.17, 15) is 4.79 Å². The molecule has 0 spiro atoms. The van der Waals surface area contributed by atoms with Crippen LogP contribution in [-0.2, 0) is 6.54 Å². The van der Waals surface area contributed by atoms with Gasteiger partial charge in [-0.1, -0.05) is 29.8 Å². The molecular formula is C18H20ClNO3. The van der Waals surface area contributed by atoms with Crippen molar-refractivity contribution >= 4 is 17.6 Å². The number of nitrogens with zero attached hydrogens (tertiary/aromatic N) is 1. The number of benzene rings is 2. The summed E-state index contributed by atoms with van der Waals surface area (Å²) in [5.41, 5.74) is 1.31. The normalized spacial score (nSPS) is 10.7. The van der Waals surface area contributed by atoms with Crippen molar-refractivity contribution in [2.24, 2.45) is 0 Å². The average Bonchev–Trinajstić information content (AvgIpc) is 2.52. The highest BCUT2D eigenvalue weighted by Gasteiger charge is 2.05. The minimum absolute atomic E-state index is 0.320. The second-order valence-electron chi connectivity index (χ2n) is 5.40. The fourth-order valence-electron chi connectivity index (χ4n) is 2.27. The predicted octanol–water partition coefficient (Wildman–Crippen LogP) is 3.94. The van der Waals surface area contributed by atoms with Gasteiger partial charge in [0.2, 0.25) is 0 Å². The smallest absolute Gasteiger partial charge is 0.335 e. The molecular weight excluding hydrogens is 314 g/mol. The Morgan fingerprint density at radius 3 is 2.74 bits per heavy atom. The number of rotatable bonds is 8. The molecule has 0 aliphatic carbocycles. The van der Waals surface area contributed by atoms with Crippen molar-refractivity contribution < 1.29 is 14.6 Å². The number of carboxylic acid groups (broad SMARTS) is 1. The first kappa shape index (κ1) is 17.3. The van der Waals surface area contributed by atoms with Gasteiger partial charge in [0.05, 0.1) is 12.2 Å². The van der Waals surface area contributed by atoms with Gasteiger partial charge in [-0.15, -0.1) is 0 Å². The Morgan fingerprint density at radius 2 is 2.00 bits per heavy atom. The lowest BCUT2D eigenvalue weighted by Crippen LogP contribution is -2.21. The summed E-state index contributed by atoms with van der Waals surface area (Å²) in [6, 6.07) is 14.4. The van der Waals surface area contributed by atoms with Crippen LogP contribution in [0.1, 0.15) is 22.3 Å². The van der Waals surface area contributed by atoms with Crippen LogP contribution in [0, 0.1) is 0 Å². The molecule has 0 radical (unpaired) electrons. The zero-order valence-electron chi connectivity index (χ0n) is 13.0. The maximum atomic E-state index is 11.0. The van der Waals surface area contributed by atoms with E-state index >= 15 is 0 Å². The highest BCUT2D eigenvalue weighted by molar-refractivity contribution is 6.30. The number of ether oxygens (including phenoxy) is 1. The first-order valence-corrected chi connectivity index (χ1v) is 7.81. The number of carbonyl (C=O) groups is 1. The van der Waals surface area contributed by atoms with Crippen LogP contribution in [0.5, 0.6) is 5.75 Å². The molecule has 122 valence electrons. The van der Waals surface area contributed by atoms with Gasteiger partial charge in [0, 0.05) is 18.1 Å². The Hall–Kier alpha value is -2.04. The van der Waals surface area contributed by atoms with E-state index in [2.05, 4.69) is 4.90 Å². The van der Waals surface area contributed by atoms with Crippen LogP contribution in [0.3, 0.4) is 0 Å². The van der Waals surface area contributed by atoms with Crippen molar-refractivity contribution in [3.8, 4) is 5.75 Å². The van der Waals surface area contributed by atoms with Crippen LogP contribution in [0.25, 0.3) is 0 Å². The third-order valence-corrected chi connectivity index (χ3v) is 3.61. The topological polar surface area (TPSA) is 49.8 Å². The summed E-state index contributed by atoms with van der Waals surface area (Å²) in [7, 11) is 2.01. The highest BCUT2D eigenvalue weighted by Crippen LogP contribution is 2.17. The Balaban J connectivity index is 1.74. The van der Waals surface area contributed by atoms with E-state index in [0.29, 0.717) is 23.7 Å². The van der Waals surface area contributed by atoms with E-state index in [1.807, 2.05) is 31.3 Å². The molecule has 0 bridgehead atoms. The predicted molar refractivity (Wildman–Crippen MR) is 91.3 cm³/mol. The van der Waals surface area contributed by atoms with Crippen LogP contribution in [0.2, 0.25) is 5.02 Å². The maximum absolute atomic E-state index is 11.0. The molecule has 0 saturated heterocycles. The monoisotopic (exact) mass is 333 g/mol. The third kappa shape index (κ3) is 5.93. The van der Waals surface area contributed by atoms with Gasteiger partial charge in [-0.2, -0.15) is 0 Å². The van der Waals surface area contributed by atoms with Gasteiger partial charge >= 0.3 is 5.97 Å². The summed E-state index contributed by atoms with van der Waals surface area (Å²) in [6.45, 7) is 2.18. The van der Waals surface area contributed by atoms with Gasteiger partial charge in [-0.3, -0.25) is 0 Å². The molecule has 2 aromatic carbocycles. The molecule has 0 amide bonds. The molecule has 0 aliphatic heterocycles. The van der Waals surface area contributed by atoms with Crippen molar-refractivity contribution in [3.63, 3.8) is 0 Å². The first-order chi connectivity index (χ1) is 11.0. The van der Waals surface area contributed by atoms with Gasteiger partial charge in [-0.05, 0) is 49.4 Å². The molecule has 5 heteroatoms. The Bertz CT molecular complexity index is 660. The molecule has 0 aromatic heterocycles. The molecule has 0 saturated carbocycles. The van der Waals surface area contributed by atoms with E-state index < -0.39 is 5.97 Å². The Labute approximate surface area is 141 Å². The van der Waals surface area contributed by atoms with Gasteiger partial charge in [0.15, 0.2) is 0 Å². The number of aromatic carboxylic acids is 1. The summed E-state index contributed by atoms with van der Waals surface area (Å²) in [5.74, 6) is -0.126. The van der Waals surface area contributed by atoms with Crippen molar-refractivity contribution in [1.82, 2.24) is 4.90 Å². The molecule has 1 N–H and O–H groups in total. The van der Waals surface area contributed by atoms with E-state index in [1.54, 1.807) is 24.3 Å². The molecule has 23 heavy (non-hydrogen) atoms. The summed E-state index contributed by atoms with van der Waals surface area (Å²) in [6.07, 6.45) is 0.877. The highest BCUT2D eigenvalue weighted by atomic mass is 35.5. The van der Waals surface area contributed by atoms with Gasteiger partial charge in [-0.25, -0.2) is 4.79 Å². The van der Waals surface area contributed by atoms with Crippen LogP contribution < -0.4 is 4.74 Å². The van der Waals surface area contributed by atoms with Crippen molar-refractivity contribution in [3.05, 3.63) is 64.7 Å². The molecule has 0 atom stereocenters. The zero-order chi connectivity index (χ0) is 16.7. The maximum Gasteiger partial charge on any atom is 0.335 e. The SMILES string of the molecule is CN(CCCOc1cccc(Cl)c1)Cc1cccc(C(=O)O)c1. The van der Waals surface area contributed by atoms with Crippen LogP contribution in [0.15, 0.2) is 48.5 Å². The lowest BCUT2D eigenvalue weighted by molar-refractivity contribution is 0.0696. The molecule has 0 heterocycles. The summed E-state index contributed by atoms with van der Waals surface area (Å²) in [4.78, 5) is 13.1. The Morgan fingerprint density at radius 1 is 1.22 bits per heavy atom. The Kier molecular flexibility index (Phi) is 6.44. The largest absolute Gasteiger partial charge is 0.493 e. The number of halogens is 1. The summed E-state index contributed by atoms with van der Waals surface area (Å²) >= 11 is 5.90. The van der Waals surface area contributed by atoms with Gasteiger partial charge in [0.25, 0.3) is 0 Å². The summed E-state index contributed by atoms with van der Waals surface area (Å²) < 4.78 is 5.65. The number of carboxylic acids is 1. The minimum Gasteiger partial charge on any atom is -0.493 e. The van der Waals surface area contributed by atoms with E-state index in [1.165, 1.54) is 0 Å². The van der Waals surface area contributed by atoms with E-state index in [0.717, 1.165) is 24.3 Å². The fourth-order valence-corrected chi connectivity index (χ4v) is 2.45. The molecule has 0 unspecified atom stereocenters. The van der Waals surface area contributed by atoms with Crippen LogP contribution >= 0.6 is 11.6 Å². The first-order valence-electron chi connectivity index (χ1n) is 7.44. The molecule has 4 nitrogen and oxygen atoms in total. The average molecular weight is 334 g/mol. The fraction of sp³-hybridized carbons (Fsp3) is 0.278. The van der Waals surface area contributed by atoms with Crippen molar-refractivity contribution in [2.45, 2.75) is 13.0 Å². The lowest BCUT2D eigenvalue weighted by Gasteiger charge is -2.17. The molecule has 2 rings (SSSR count). The second kappa shape index (κ2) is 8.56. The van der Waals surface area contributed by atoms with Gasteiger partial charge < -0.3 is 14.7 Å². The van der Waals surface area contributed by atoms with Gasteiger partial charge in [0.1, 0.15) is 5.75 Å². The second-order valence-corrected chi connectivity index (χ2v) is 5.84. The number of hydrogen-bond acceptors (Lipinski definition) is 3. The third-order valence-electron chi connectivity index (χ3n) is 3.38. The number of hydrogen-bond donors (Lipinski definition) is 1. The van der Waals surface area contributed by atoms with E-state index in [4.69, 9.17) is 21.4 Å². The van der Waals surface area contributed by atoms with Crippen molar-refractivity contribution in [1.29, 1.82) is 0 Å². The molecule has 2 aromatic rings. The van der Waals surface area contributed by atoms with Crippen molar-refractivity contribution in [2.75, 3.05) is 20.2 Å². The standard InChI is InChI=1S/C18H20ClNO3/c1-20(13-14-5-2-6-15(11-14)18(21)22)9-4-10-23-17-8-3-7-16(19)12-17/h2-3,5-8,11-12H,4,9-10,13H2,1H3,(H,21,22). The zero-order valence-corrected chi connectivity index (χ0v) is 13.8. The molecule has 0 aliphatic rings. The summed E-state index contributed by atoms with van der Waals surface area (Å²) in [5, 5.41) is 9.67. The van der Waals surface area contributed by atoms with E-state index in [-0.39, 0.29) is 0 Å². The quantitative estimate of drug-likeness (QED) is 0.743. The molecule has 0 fully saturated rings.